The molecular formula is C15H14BrF2N. The van der Waals surface area contributed by atoms with Crippen molar-refractivity contribution < 1.29 is 8.78 Å². The fourth-order valence-electron chi connectivity index (χ4n) is 1.96. The van der Waals surface area contributed by atoms with Gasteiger partial charge >= 0.3 is 0 Å². The van der Waals surface area contributed by atoms with Crippen LogP contribution in [0.4, 0.5) is 8.78 Å². The zero-order chi connectivity index (χ0) is 14.0. The van der Waals surface area contributed by atoms with E-state index in [0.717, 1.165) is 21.7 Å². The van der Waals surface area contributed by atoms with Crippen LogP contribution in [0.25, 0.3) is 0 Å². The van der Waals surface area contributed by atoms with Crippen LogP contribution in [-0.4, -0.2) is 0 Å². The zero-order valence-electron chi connectivity index (χ0n) is 10.5. The van der Waals surface area contributed by atoms with E-state index in [1.165, 1.54) is 6.07 Å². The van der Waals surface area contributed by atoms with E-state index in [1.54, 1.807) is 6.07 Å². The van der Waals surface area contributed by atoms with E-state index in [4.69, 9.17) is 5.73 Å². The topological polar surface area (TPSA) is 26.0 Å². The highest BCUT2D eigenvalue weighted by atomic mass is 79.9. The molecule has 2 rings (SSSR count). The Kier molecular flexibility index (Phi) is 4.32. The molecule has 100 valence electrons. The quantitative estimate of drug-likeness (QED) is 0.895. The number of hydrogen-bond acceptors (Lipinski definition) is 1. The largest absolute Gasteiger partial charge is 0.324 e. The van der Waals surface area contributed by atoms with Gasteiger partial charge in [0.15, 0.2) is 11.6 Å². The van der Waals surface area contributed by atoms with Crippen molar-refractivity contribution >= 4 is 15.9 Å². The summed E-state index contributed by atoms with van der Waals surface area (Å²) in [6.07, 6.45) is 0.457. The molecule has 19 heavy (non-hydrogen) atoms. The minimum absolute atomic E-state index is 0.264. The molecule has 0 aromatic heterocycles. The predicted octanol–water partition coefficient (Wildman–Crippen LogP) is 4.28. The number of rotatable bonds is 3. The lowest BCUT2D eigenvalue weighted by Crippen LogP contribution is -2.14. The molecule has 1 unspecified atom stereocenters. The number of hydrogen-bond donors (Lipinski definition) is 1. The molecule has 0 heterocycles. The third-order valence-corrected chi connectivity index (χ3v) is 3.68. The van der Waals surface area contributed by atoms with E-state index < -0.39 is 11.6 Å². The van der Waals surface area contributed by atoms with Crippen LogP contribution in [0.1, 0.15) is 22.7 Å². The molecule has 0 radical (unpaired) electrons. The van der Waals surface area contributed by atoms with Gasteiger partial charge in [-0.2, -0.15) is 0 Å². The Morgan fingerprint density at radius 2 is 1.84 bits per heavy atom. The average molecular weight is 326 g/mol. The Bertz CT molecular complexity index is 599. The van der Waals surface area contributed by atoms with Gasteiger partial charge in [-0.05, 0) is 48.2 Å². The Morgan fingerprint density at radius 3 is 2.47 bits per heavy atom. The monoisotopic (exact) mass is 325 g/mol. The third kappa shape index (κ3) is 3.39. The van der Waals surface area contributed by atoms with Crippen molar-refractivity contribution in [1.29, 1.82) is 0 Å². The van der Waals surface area contributed by atoms with Crippen LogP contribution in [0, 0.1) is 18.6 Å². The molecule has 4 heteroatoms. The van der Waals surface area contributed by atoms with Crippen molar-refractivity contribution in [2.75, 3.05) is 0 Å². The van der Waals surface area contributed by atoms with E-state index in [2.05, 4.69) is 15.9 Å². The summed E-state index contributed by atoms with van der Waals surface area (Å²) in [7, 11) is 0. The van der Waals surface area contributed by atoms with E-state index in [-0.39, 0.29) is 6.04 Å². The summed E-state index contributed by atoms with van der Waals surface area (Å²) in [6, 6.07) is 9.52. The summed E-state index contributed by atoms with van der Waals surface area (Å²) >= 11 is 3.47. The van der Waals surface area contributed by atoms with Crippen molar-refractivity contribution in [3.8, 4) is 0 Å². The number of halogens is 3. The summed E-state index contributed by atoms with van der Waals surface area (Å²) in [5.74, 6) is -1.68. The maximum Gasteiger partial charge on any atom is 0.159 e. The lowest BCUT2D eigenvalue weighted by Gasteiger charge is -2.14. The van der Waals surface area contributed by atoms with Gasteiger partial charge in [-0.3, -0.25) is 0 Å². The molecule has 2 N–H and O–H groups in total. The van der Waals surface area contributed by atoms with E-state index in [1.807, 2.05) is 25.1 Å². The molecule has 0 saturated carbocycles. The molecule has 0 fully saturated rings. The van der Waals surface area contributed by atoms with E-state index in [0.29, 0.717) is 12.0 Å². The first kappa shape index (κ1) is 14.2. The smallest absolute Gasteiger partial charge is 0.159 e. The van der Waals surface area contributed by atoms with Crippen LogP contribution < -0.4 is 5.73 Å². The molecule has 0 aliphatic carbocycles. The molecule has 1 nitrogen and oxygen atoms in total. The summed E-state index contributed by atoms with van der Waals surface area (Å²) in [5.41, 5.74) is 8.89. The summed E-state index contributed by atoms with van der Waals surface area (Å²) in [5, 5.41) is 0. The fraction of sp³-hybridized carbons (Fsp3) is 0.200. The van der Waals surface area contributed by atoms with Crippen LogP contribution in [0.5, 0.6) is 0 Å². The van der Waals surface area contributed by atoms with Crippen LogP contribution >= 0.6 is 15.9 Å². The highest BCUT2D eigenvalue weighted by Crippen LogP contribution is 2.26. The zero-order valence-corrected chi connectivity index (χ0v) is 12.0. The first-order valence-corrected chi connectivity index (χ1v) is 6.72. The first-order valence-electron chi connectivity index (χ1n) is 5.93. The van der Waals surface area contributed by atoms with Crippen LogP contribution in [-0.2, 0) is 6.42 Å². The molecule has 1 atom stereocenters. The predicted molar refractivity (Wildman–Crippen MR) is 75.9 cm³/mol. The van der Waals surface area contributed by atoms with Crippen molar-refractivity contribution in [3.63, 3.8) is 0 Å². The normalized spacial score (nSPS) is 12.5. The molecule has 2 aromatic rings. The van der Waals surface area contributed by atoms with Gasteiger partial charge in [0.2, 0.25) is 0 Å². The molecule has 0 bridgehead atoms. The van der Waals surface area contributed by atoms with Gasteiger partial charge in [-0.1, -0.05) is 34.1 Å². The average Bonchev–Trinajstić information content (AvgIpc) is 2.33. The summed E-state index contributed by atoms with van der Waals surface area (Å²) in [6.45, 7) is 2.00. The maximum absolute atomic E-state index is 13.1. The van der Waals surface area contributed by atoms with Gasteiger partial charge in [0.05, 0.1) is 0 Å². The molecule has 0 amide bonds. The van der Waals surface area contributed by atoms with E-state index in [9.17, 15) is 8.78 Å². The van der Waals surface area contributed by atoms with Gasteiger partial charge in [0.1, 0.15) is 0 Å². The van der Waals surface area contributed by atoms with Gasteiger partial charge in [-0.25, -0.2) is 8.78 Å². The third-order valence-electron chi connectivity index (χ3n) is 3.00. The minimum atomic E-state index is -0.840. The lowest BCUT2D eigenvalue weighted by atomic mass is 9.99. The van der Waals surface area contributed by atoms with Gasteiger partial charge < -0.3 is 5.73 Å². The van der Waals surface area contributed by atoms with Crippen LogP contribution in [0.2, 0.25) is 0 Å². The second-order valence-corrected chi connectivity index (χ2v) is 5.44. The fourth-order valence-corrected chi connectivity index (χ4v) is 2.75. The molecule has 0 saturated heterocycles. The van der Waals surface area contributed by atoms with E-state index >= 15 is 0 Å². The van der Waals surface area contributed by atoms with Gasteiger partial charge in [0.25, 0.3) is 0 Å². The molecule has 0 spiro atoms. The van der Waals surface area contributed by atoms with Crippen molar-refractivity contribution in [3.05, 3.63) is 69.2 Å². The molecule has 2 aromatic carbocycles. The Morgan fingerprint density at radius 1 is 1.11 bits per heavy atom. The second-order valence-electron chi connectivity index (χ2n) is 4.58. The van der Waals surface area contributed by atoms with Crippen LogP contribution in [0.15, 0.2) is 40.9 Å². The Labute approximate surface area is 119 Å². The first-order chi connectivity index (χ1) is 8.97. The molecule has 0 aliphatic heterocycles. The highest BCUT2D eigenvalue weighted by molar-refractivity contribution is 9.10. The van der Waals surface area contributed by atoms with Crippen LogP contribution in [0.3, 0.4) is 0 Å². The van der Waals surface area contributed by atoms with Gasteiger partial charge in [0, 0.05) is 10.5 Å². The minimum Gasteiger partial charge on any atom is -0.324 e. The Hall–Kier alpha value is -1.26. The van der Waals surface area contributed by atoms with Gasteiger partial charge in [-0.15, -0.1) is 0 Å². The van der Waals surface area contributed by atoms with Crippen molar-refractivity contribution in [2.45, 2.75) is 19.4 Å². The number of benzene rings is 2. The number of nitrogens with two attached hydrogens (primary N) is 1. The maximum atomic E-state index is 13.1. The van der Waals surface area contributed by atoms with Crippen molar-refractivity contribution in [1.82, 2.24) is 0 Å². The summed E-state index contributed by atoms with van der Waals surface area (Å²) < 4.78 is 26.9. The molecule has 0 aliphatic rings. The number of aryl methyl sites for hydroxylation is 1. The second kappa shape index (κ2) is 5.80. The molecular weight excluding hydrogens is 312 g/mol. The summed E-state index contributed by atoms with van der Waals surface area (Å²) in [4.78, 5) is 0. The highest BCUT2D eigenvalue weighted by Gasteiger charge is 2.12. The van der Waals surface area contributed by atoms with Crippen molar-refractivity contribution in [2.24, 2.45) is 5.73 Å². The lowest BCUT2D eigenvalue weighted by molar-refractivity contribution is 0.506. The standard InChI is InChI=1S/C15H14BrF2N/c1-9-2-4-11(12(16)6-9)15(19)8-10-3-5-13(17)14(18)7-10/h2-7,15H,8,19H2,1H3. The Balaban J connectivity index is 2.20. The SMILES string of the molecule is Cc1ccc(C(N)Cc2ccc(F)c(F)c2)c(Br)c1.